The van der Waals surface area contributed by atoms with Crippen molar-refractivity contribution in [3.63, 3.8) is 0 Å². The van der Waals surface area contributed by atoms with Crippen LogP contribution in [0.2, 0.25) is 10.0 Å². The van der Waals surface area contributed by atoms with Gasteiger partial charge in [-0.25, -0.2) is 26.3 Å². The van der Waals surface area contributed by atoms with Gasteiger partial charge in [0.25, 0.3) is 11.8 Å². The Hall–Kier alpha value is -6.10. The van der Waals surface area contributed by atoms with Crippen LogP contribution in [0.3, 0.4) is 0 Å². The number of rotatable bonds is 8. The van der Waals surface area contributed by atoms with Crippen LogP contribution in [0, 0.1) is 23.7 Å². The van der Waals surface area contributed by atoms with E-state index in [-0.39, 0.29) is 84.5 Å². The number of allylic oxidation sites excluding steroid dienone is 2. The van der Waals surface area contributed by atoms with Crippen LogP contribution in [0.1, 0.15) is 133 Å². The predicted molar refractivity (Wildman–Crippen MR) is 390 cm³/mol. The molecule has 0 aromatic heterocycles. The fourth-order valence-electron chi connectivity index (χ4n) is 16.1. The minimum atomic E-state index is -4.07. The zero-order valence-electron chi connectivity index (χ0n) is 54.6. The van der Waals surface area contributed by atoms with Crippen molar-refractivity contribution in [3.8, 4) is 23.0 Å². The number of sulfonamides is 2. The van der Waals surface area contributed by atoms with Crippen molar-refractivity contribution >= 4 is 98.3 Å². The summed E-state index contributed by atoms with van der Waals surface area (Å²) in [4.78, 5) is 32.0. The lowest BCUT2D eigenvalue weighted by molar-refractivity contribution is 0.0454. The number of nitrogens with zero attached hydrogens (tertiary/aromatic N) is 2. The molecule has 98 heavy (non-hydrogen) atoms. The maximum absolute atomic E-state index is 13.7. The molecule has 2 fully saturated rings. The van der Waals surface area contributed by atoms with Gasteiger partial charge < -0.3 is 39.0 Å². The van der Waals surface area contributed by atoms with Crippen molar-refractivity contribution < 1.29 is 55.6 Å². The highest BCUT2D eigenvalue weighted by Gasteiger charge is 2.47. The molecule has 520 valence electrons. The van der Waals surface area contributed by atoms with Gasteiger partial charge in [0.1, 0.15) is 23.0 Å². The third-order valence-electron chi connectivity index (χ3n) is 21.7. The molecule has 2 spiro atoms. The van der Waals surface area contributed by atoms with Gasteiger partial charge >= 0.3 is 0 Å². The monoisotopic (exact) mass is 1540 g/mol. The van der Waals surface area contributed by atoms with Gasteiger partial charge in [-0.1, -0.05) is 91.5 Å². The average Bonchev–Trinajstić information content (AvgIpc) is 1.60. The molecular weight excluding hydrogens is 1460 g/mol. The summed E-state index contributed by atoms with van der Waals surface area (Å²) in [5, 5.41) is 22.3. The number of halogens is 4. The number of carbonyl (C=O) groups excluding carboxylic acids is 2. The second-order valence-corrected chi connectivity index (χ2v) is 34.6. The van der Waals surface area contributed by atoms with Crippen LogP contribution < -0.4 is 38.2 Å². The Labute approximate surface area is 602 Å². The summed E-state index contributed by atoms with van der Waals surface area (Å²) in [5.74, 6) is 1.96. The first-order chi connectivity index (χ1) is 47.2. The summed E-state index contributed by atoms with van der Waals surface area (Å²) in [6.45, 7) is 4.03. The third kappa shape index (κ3) is 15.8. The van der Waals surface area contributed by atoms with E-state index in [9.17, 15) is 36.6 Å². The molecule has 4 N–H and O–H groups in total. The zero-order valence-corrected chi connectivity index (χ0v) is 61.0. The van der Waals surface area contributed by atoms with Gasteiger partial charge in [-0.05, 0) is 258 Å². The van der Waals surface area contributed by atoms with E-state index >= 15 is 0 Å². The number of aliphatic hydroxyl groups is 2. The SMILES string of the molecule is O=C1NS(=O)(=O)[C@@H](CCOc2ccc(Br)cc2)CC/C=C/[C@H](O)[C@@H]2CC[C@H]2CN2C[C@@]3(CCCc4cc(Cl)ccc43)COc3ccc1cc32.O=C1NS(=O)(=O)[C@H](CCOc2ccc(Br)cc2)CC/C=C/[C@H](O)[C@@H]2CC[C@H]2CN2C[C@@]3(CCCc4cc(Cl)ccc43)COc3ccc1cc32. The molecular formula is C76H84Br2Cl2N4O12S2. The van der Waals surface area contributed by atoms with Crippen molar-refractivity contribution in [1.82, 2.24) is 9.44 Å². The van der Waals surface area contributed by atoms with E-state index in [4.69, 9.17) is 42.1 Å². The third-order valence-corrected chi connectivity index (χ3v) is 26.9. The Bertz CT molecular complexity index is 3940. The Morgan fingerprint density at radius 2 is 0.959 bits per heavy atom. The number of benzene rings is 6. The summed E-state index contributed by atoms with van der Waals surface area (Å²) in [7, 11) is -8.14. The first-order valence-electron chi connectivity index (χ1n) is 34.4. The molecule has 2 saturated carbocycles. The molecule has 16 nitrogen and oxygen atoms in total. The highest BCUT2D eigenvalue weighted by Crippen LogP contribution is 2.50. The van der Waals surface area contributed by atoms with Gasteiger partial charge in [0.15, 0.2) is 0 Å². The fourth-order valence-corrected chi connectivity index (χ4v) is 19.8. The molecule has 4 aliphatic carbocycles. The van der Waals surface area contributed by atoms with Crippen molar-refractivity contribution in [3.05, 3.63) is 198 Å². The number of ether oxygens (including phenoxy) is 4. The first kappa shape index (κ1) is 70.3. The number of hydrogen-bond donors (Lipinski definition) is 4. The number of nitrogens with one attached hydrogen (secondary N) is 2. The normalized spacial score (nSPS) is 28.6. The van der Waals surface area contributed by atoms with Crippen molar-refractivity contribution in [2.75, 3.05) is 62.4 Å². The Morgan fingerprint density at radius 1 is 0.541 bits per heavy atom. The molecule has 8 aliphatic rings. The van der Waals surface area contributed by atoms with Gasteiger partial charge in [-0.2, -0.15) is 0 Å². The van der Waals surface area contributed by atoms with Crippen LogP contribution in [-0.2, 0) is 43.7 Å². The number of amides is 2. The highest BCUT2D eigenvalue weighted by atomic mass is 79.9. The van der Waals surface area contributed by atoms with E-state index in [1.807, 2.05) is 85.0 Å². The van der Waals surface area contributed by atoms with Crippen LogP contribution >= 0.6 is 55.1 Å². The first-order valence-corrected chi connectivity index (χ1v) is 39.8. The minimum absolute atomic E-state index is 0.0931. The van der Waals surface area contributed by atoms with Crippen LogP contribution in [0.5, 0.6) is 23.0 Å². The number of aliphatic hydroxyl groups excluding tert-OH is 2. The molecule has 0 radical (unpaired) electrons. The summed E-state index contributed by atoms with van der Waals surface area (Å²) in [6, 6.07) is 37.4. The summed E-state index contributed by atoms with van der Waals surface area (Å²) in [6.07, 6.45) is 17.7. The number of carbonyl (C=O) groups is 2. The van der Waals surface area contributed by atoms with Crippen LogP contribution in [0.4, 0.5) is 11.4 Å². The smallest absolute Gasteiger partial charge is 0.264 e. The molecule has 6 aromatic rings. The van der Waals surface area contributed by atoms with Crippen molar-refractivity contribution in [2.45, 2.75) is 136 Å². The average molecular weight is 1540 g/mol. The molecule has 4 aliphatic heterocycles. The van der Waals surface area contributed by atoms with Gasteiger partial charge in [0, 0.05) is 67.1 Å². The maximum atomic E-state index is 13.7. The quantitative estimate of drug-likeness (QED) is 0.105. The summed E-state index contributed by atoms with van der Waals surface area (Å²) >= 11 is 19.7. The zero-order chi connectivity index (χ0) is 68.3. The number of fused-ring (bicyclic) bond motifs is 8. The lowest BCUT2D eigenvalue weighted by Crippen LogP contribution is -2.49. The summed E-state index contributed by atoms with van der Waals surface area (Å²) < 4.78 is 86.4. The van der Waals surface area contributed by atoms with Crippen LogP contribution in [-0.4, -0.2) is 114 Å². The second kappa shape index (κ2) is 30.2. The summed E-state index contributed by atoms with van der Waals surface area (Å²) in [5.41, 5.74) is 6.45. The van der Waals surface area contributed by atoms with Gasteiger partial charge in [0.05, 0.1) is 60.5 Å². The maximum Gasteiger partial charge on any atom is 0.264 e. The van der Waals surface area contributed by atoms with Crippen LogP contribution in [0.15, 0.2) is 155 Å². The lowest BCUT2D eigenvalue weighted by Gasteiger charge is -2.45. The standard InChI is InChI=1S/2C38H42BrClN2O6S/c2*39-28-9-12-30(13-10-28)47-19-17-31-5-1-2-6-35(43)32-14-7-27(32)22-42-23-38(18-3-4-25-20-29(40)11-15-33(25)38)24-48-36-16-8-26(21-34(36)42)37(44)41-49(31,45)46/h2*2,6,8-13,15-16,20-21,27,31-32,35,43H,1,3-5,7,14,17-19,22-24H2,(H,41,44)/b2*6-2+/t27-,31+,32+,35-,38-;27-,31-,32+,35-,38-/m00/s1. The molecule has 0 unspecified atom stereocenters. The Kier molecular flexibility index (Phi) is 21.7. The van der Waals surface area contributed by atoms with Gasteiger partial charge in [0.2, 0.25) is 20.0 Å². The molecule has 2 amide bonds. The second-order valence-electron chi connectivity index (χ2n) is 27.9. The topological polar surface area (TPSA) is 210 Å². The molecule has 10 atom stereocenters. The Morgan fingerprint density at radius 3 is 1.36 bits per heavy atom. The van der Waals surface area contributed by atoms with E-state index in [0.29, 0.717) is 75.2 Å². The fraction of sp³-hybridized carbons (Fsp3) is 0.447. The Balaban J connectivity index is 0.000000176. The highest BCUT2D eigenvalue weighted by molar-refractivity contribution is 9.10. The van der Waals surface area contributed by atoms with E-state index in [1.54, 1.807) is 36.4 Å². The van der Waals surface area contributed by atoms with Gasteiger partial charge in [-0.15, -0.1) is 0 Å². The van der Waals surface area contributed by atoms with E-state index in [1.165, 1.54) is 22.3 Å². The minimum Gasteiger partial charge on any atom is -0.494 e. The molecule has 0 saturated heterocycles. The number of hydrogen-bond acceptors (Lipinski definition) is 14. The van der Waals surface area contributed by atoms with Crippen LogP contribution in [0.25, 0.3) is 0 Å². The molecule has 4 bridgehead atoms. The molecule has 6 aromatic carbocycles. The van der Waals surface area contributed by atoms with Crippen molar-refractivity contribution in [1.29, 1.82) is 0 Å². The van der Waals surface area contributed by atoms with E-state index < -0.39 is 54.6 Å². The number of aryl methyl sites for hydroxylation is 2. The van der Waals surface area contributed by atoms with Crippen molar-refractivity contribution in [2.24, 2.45) is 23.7 Å². The largest absolute Gasteiger partial charge is 0.494 e. The predicted octanol–water partition coefficient (Wildman–Crippen LogP) is 14.4. The number of anilines is 2. The van der Waals surface area contributed by atoms with Gasteiger partial charge in [-0.3, -0.25) is 9.59 Å². The van der Waals surface area contributed by atoms with E-state index in [0.717, 1.165) is 94.6 Å². The lowest BCUT2D eigenvalue weighted by atomic mass is 9.68. The molecule has 4 heterocycles. The van der Waals surface area contributed by atoms with E-state index in [2.05, 4.69) is 75.4 Å². The molecule has 22 heteroatoms. The molecule has 14 rings (SSSR count).